The van der Waals surface area contributed by atoms with Gasteiger partial charge in [-0.25, -0.2) is 10.5 Å². The van der Waals surface area contributed by atoms with Gasteiger partial charge in [0.15, 0.2) is 6.04 Å². The Kier molecular flexibility index (Phi) is 3.71. The van der Waals surface area contributed by atoms with Crippen molar-refractivity contribution >= 4 is 11.8 Å². The molecular formula is C13H16N2O4. The SMILES string of the molecule is COc1c(C)cc(C2=N[C@@H](C(=O)NO)CO2)cc1C. The standard InChI is InChI=1S/C13H16N2O4/c1-7-4-9(5-8(2)11(7)18-3)13-14-10(6-19-13)12(16)15-17/h4-5,10,17H,6H2,1-3H3,(H,15,16)/t10-/m1/s1. The second kappa shape index (κ2) is 5.27. The maximum Gasteiger partial charge on any atom is 0.271 e. The molecule has 1 heterocycles. The highest BCUT2D eigenvalue weighted by Crippen LogP contribution is 2.25. The molecule has 2 N–H and O–H groups in total. The summed E-state index contributed by atoms with van der Waals surface area (Å²) in [6.07, 6.45) is 0. The van der Waals surface area contributed by atoms with Crippen LogP contribution in [0.3, 0.4) is 0 Å². The second-order valence-corrected chi connectivity index (χ2v) is 4.38. The fourth-order valence-corrected chi connectivity index (χ4v) is 2.14. The molecule has 0 saturated carbocycles. The molecule has 1 amide bonds. The minimum Gasteiger partial charge on any atom is -0.496 e. The molecule has 0 bridgehead atoms. The van der Waals surface area contributed by atoms with E-state index in [0.717, 1.165) is 22.4 Å². The molecule has 0 radical (unpaired) electrons. The fraction of sp³-hybridized carbons (Fsp3) is 0.385. The van der Waals surface area contributed by atoms with Gasteiger partial charge in [-0.2, -0.15) is 0 Å². The van der Waals surface area contributed by atoms with Crippen molar-refractivity contribution in [3.05, 3.63) is 28.8 Å². The third-order valence-electron chi connectivity index (χ3n) is 2.98. The summed E-state index contributed by atoms with van der Waals surface area (Å²) in [6, 6.07) is 3.08. The Hall–Kier alpha value is -2.08. The highest BCUT2D eigenvalue weighted by atomic mass is 16.5. The molecule has 1 aromatic rings. The first-order valence-electron chi connectivity index (χ1n) is 5.87. The number of nitrogens with one attached hydrogen (secondary N) is 1. The average Bonchev–Trinajstić information content (AvgIpc) is 2.87. The van der Waals surface area contributed by atoms with Crippen LogP contribution in [0.1, 0.15) is 16.7 Å². The van der Waals surface area contributed by atoms with Crippen LogP contribution >= 0.6 is 0 Å². The van der Waals surface area contributed by atoms with E-state index in [2.05, 4.69) is 4.99 Å². The molecule has 0 aromatic heterocycles. The number of amides is 1. The quantitative estimate of drug-likeness (QED) is 0.629. The highest BCUT2D eigenvalue weighted by molar-refractivity contribution is 5.98. The smallest absolute Gasteiger partial charge is 0.271 e. The first-order chi connectivity index (χ1) is 9.06. The van der Waals surface area contributed by atoms with Gasteiger partial charge in [0.25, 0.3) is 5.91 Å². The van der Waals surface area contributed by atoms with Crippen molar-refractivity contribution in [2.24, 2.45) is 4.99 Å². The van der Waals surface area contributed by atoms with Crippen molar-refractivity contribution < 1.29 is 19.5 Å². The lowest BCUT2D eigenvalue weighted by Crippen LogP contribution is -2.31. The van der Waals surface area contributed by atoms with Gasteiger partial charge in [-0.15, -0.1) is 0 Å². The summed E-state index contributed by atoms with van der Waals surface area (Å²) in [7, 11) is 1.63. The van der Waals surface area contributed by atoms with Gasteiger partial charge in [0.1, 0.15) is 12.4 Å². The maximum absolute atomic E-state index is 11.3. The van der Waals surface area contributed by atoms with Crippen LogP contribution in [0.2, 0.25) is 0 Å². The summed E-state index contributed by atoms with van der Waals surface area (Å²) in [5, 5.41) is 8.57. The topological polar surface area (TPSA) is 80.2 Å². The number of carbonyl (C=O) groups is 1. The molecular weight excluding hydrogens is 248 g/mol. The number of rotatable bonds is 3. The van der Waals surface area contributed by atoms with Crippen molar-refractivity contribution in [1.82, 2.24) is 5.48 Å². The van der Waals surface area contributed by atoms with Crippen molar-refractivity contribution in [1.29, 1.82) is 0 Å². The first-order valence-corrected chi connectivity index (χ1v) is 5.87. The summed E-state index contributed by atoms with van der Waals surface area (Å²) in [4.78, 5) is 15.4. The van der Waals surface area contributed by atoms with Gasteiger partial charge in [0.2, 0.25) is 5.90 Å². The van der Waals surface area contributed by atoms with Crippen LogP contribution in [0.4, 0.5) is 0 Å². The number of aliphatic imine (C=N–C) groups is 1. The molecule has 1 aliphatic heterocycles. The van der Waals surface area contributed by atoms with Crippen LogP contribution < -0.4 is 10.2 Å². The second-order valence-electron chi connectivity index (χ2n) is 4.38. The molecule has 0 fully saturated rings. The zero-order valence-corrected chi connectivity index (χ0v) is 11.1. The Morgan fingerprint density at radius 1 is 1.47 bits per heavy atom. The molecule has 0 spiro atoms. The average molecular weight is 264 g/mol. The molecule has 6 nitrogen and oxygen atoms in total. The number of hydroxylamine groups is 1. The van der Waals surface area contributed by atoms with E-state index in [-0.39, 0.29) is 6.61 Å². The number of benzene rings is 1. The summed E-state index contributed by atoms with van der Waals surface area (Å²) in [5.41, 5.74) is 4.31. The van der Waals surface area contributed by atoms with Crippen LogP contribution in [-0.2, 0) is 9.53 Å². The largest absolute Gasteiger partial charge is 0.496 e. The predicted octanol–water partition coefficient (Wildman–Crippen LogP) is 0.963. The molecule has 0 aliphatic carbocycles. The third-order valence-corrected chi connectivity index (χ3v) is 2.98. The minimum absolute atomic E-state index is 0.131. The number of hydrogen-bond acceptors (Lipinski definition) is 5. The Morgan fingerprint density at radius 2 is 2.11 bits per heavy atom. The van der Waals surface area contributed by atoms with E-state index in [1.54, 1.807) is 12.6 Å². The number of carbonyl (C=O) groups excluding carboxylic acids is 1. The molecule has 0 saturated heterocycles. The Balaban J connectivity index is 2.31. The van der Waals surface area contributed by atoms with Gasteiger partial charge in [-0.1, -0.05) is 0 Å². The van der Waals surface area contributed by atoms with Crippen LogP contribution in [0.15, 0.2) is 17.1 Å². The monoisotopic (exact) mass is 264 g/mol. The van der Waals surface area contributed by atoms with Crippen LogP contribution in [0.5, 0.6) is 5.75 Å². The molecule has 2 rings (SSSR count). The third kappa shape index (κ3) is 2.53. The van der Waals surface area contributed by atoms with Crippen LogP contribution in [-0.4, -0.2) is 36.8 Å². The van der Waals surface area contributed by atoms with E-state index >= 15 is 0 Å². The summed E-state index contributed by atoms with van der Waals surface area (Å²) in [5.74, 6) is 0.659. The predicted molar refractivity (Wildman–Crippen MR) is 68.7 cm³/mol. The number of ether oxygens (including phenoxy) is 2. The molecule has 6 heteroatoms. The Morgan fingerprint density at radius 3 is 2.63 bits per heavy atom. The summed E-state index contributed by atoms with van der Waals surface area (Å²) < 4.78 is 10.7. The van der Waals surface area contributed by atoms with Crippen molar-refractivity contribution in [2.75, 3.05) is 13.7 Å². The van der Waals surface area contributed by atoms with Gasteiger partial charge >= 0.3 is 0 Å². The lowest BCUT2D eigenvalue weighted by Gasteiger charge is -2.10. The molecule has 1 aromatic carbocycles. The minimum atomic E-state index is -0.706. The van der Waals surface area contributed by atoms with E-state index in [4.69, 9.17) is 14.7 Å². The molecule has 1 aliphatic rings. The molecule has 1 atom stereocenters. The molecule has 102 valence electrons. The Labute approximate surface area is 111 Å². The lowest BCUT2D eigenvalue weighted by atomic mass is 10.1. The van der Waals surface area contributed by atoms with Crippen LogP contribution in [0.25, 0.3) is 0 Å². The van der Waals surface area contributed by atoms with E-state index in [9.17, 15) is 4.79 Å². The van der Waals surface area contributed by atoms with Gasteiger partial charge < -0.3 is 9.47 Å². The summed E-state index contributed by atoms with van der Waals surface area (Å²) >= 11 is 0. The van der Waals surface area contributed by atoms with E-state index in [1.165, 1.54) is 0 Å². The van der Waals surface area contributed by atoms with Gasteiger partial charge in [0, 0.05) is 5.56 Å². The van der Waals surface area contributed by atoms with Crippen molar-refractivity contribution in [3.63, 3.8) is 0 Å². The molecule has 0 unspecified atom stereocenters. The van der Waals surface area contributed by atoms with Gasteiger partial charge in [-0.3, -0.25) is 10.0 Å². The highest BCUT2D eigenvalue weighted by Gasteiger charge is 2.26. The Bertz CT molecular complexity index is 516. The van der Waals surface area contributed by atoms with E-state index < -0.39 is 11.9 Å². The number of aryl methyl sites for hydroxylation is 2. The normalized spacial score (nSPS) is 17.7. The number of hydrogen-bond donors (Lipinski definition) is 2. The zero-order valence-electron chi connectivity index (χ0n) is 11.1. The van der Waals surface area contributed by atoms with Crippen molar-refractivity contribution in [3.8, 4) is 5.75 Å². The van der Waals surface area contributed by atoms with Crippen LogP contribution in [0, 0.1) is 13.8 Å². The molecule has 19 heavy (non-hydrogen) atoms. The fourth-order valence-electron chi connectivity index (χ4n) is 2.14. The van der Waals surface area contributed by atoms with E-state index in [1.807, 2.05) is 26.0 Å². The zero-order chi connectivity index (χ0) is 14.0. The van der Waals surface area contributed by atoms with E-state index in [0.29, 0.717) is 5.90 Å². The lowest BCUT2D eigenvalue weighted by molar-refractivity contribution is -0.130. The van der Waals surface area contributed by atoms with Gasteiger partial charge in [-0.05, 0) is 37.1 Å². The summed E-state index contributed by atoms with van der Waals surface area (Å²) in [6.45, 7) is 4.00. The first kappa shape index (κ1) is 13.4. The number of methoxy groups -OCH3 is 1. The van der Waals surface area contributed by atoms with Crippen molar-refractivity contribution in [2.45, 2.75) is 19.9 Å². The van der Waals surface area contributed by atoms with Gasteiger partial charge in [0.05, 0.1) is 7.11 Å². The maximum atomic E-state index is 11.3. The number of nitrogens with zero attached hydrogens (tertiary/aromatic N) is 1.